The molecule has 0 saturated heterocycles. The van der Waals surface area contributed by atoms with Crippen molar-refractivity contribution in [2.75, 3.05) is 11.1 Å². The van der Waals surface area contributed by atoms with Crippen molar-refractivity contribution in [3.8, 4) is 0 Å². The fourth-order valence-corrected chi connectivity index (χ4v) is 4.09. The minimum atomic E-state index is -0.0475. The third-order valence-electron chi connectivity index (χ3n) is 3.33. The predicted octanol–water partition coefficient (Wildman–Crippen LogP) is 2.17. The molecule has 2 aliphatic rings. The maximum atomic E-state index is 11.6. The topological polar surface area (TPSA) is 50.7 Å². The molecule has 1 N–H and O–H groups in total. The summed E-state index contributed by atoms with van der Waals surface area (Å²) in [4.78, 5) is 11.6. The van der Waals surface area contributed by atoms with E-state index in [1.807, 2.05) is 4.57 Å². The highest BCUT2D eigenvalue weighted by molar-refractivity contribution is 9.09. The van der Waals surface area contributed by atoms with E-state index in [1.165, 1.54) is 12.8 Å². The quantitative estimate of drug-likeness (QED) is 0.670. The number of nitrogens with zero attached hydrogens (tertiary/aromatic N) is 2. The number of nitrogens with one attached hydrogen (secondary N) is 1. The zero-order valence-corrected chi connectivity index (χ0v) is 11.3. The maximum Gasteiger partial charge on any atom is 0.344 e. The third-order valence-corrected chi connectivity index (χ3v) is 5.82. The number of halogens is 1. The third kappa shape index (κ3) is 1.97. The van der Waals surface area contributed by atoms with Crippen LogP contribution in [0.5, 0.6) is 0 Å². The van der Waals surface area contributed by atoms with Gasteiger partial charge >= 0.3 is 5.69 Å². The van der Waals surface area contributed by atoms with Gasteiger partial charge in [0.25, 0.3) is 0 Å². The Morgan fingerprint density at radius 3 is 2.88 bits per heavy atom. The first-order chi connectivity index (χ1) is 7.74. The molecule has 1 aromatic rings. The normalized spacial score (nSPS) is 22.3. The molecule has 1 heterocycles. The summed E-state index contributed by atoms with van der Waals surface area (Å²) in [5, 5.41) is 8.61. The van der Waals surface area contributed by atoms with Crippen LogP contribution in [0.2, 0.25) is 0 Å². The first-order valence-corrected chi connectivity index (χ1v) is 7.70. The second-order valence-corrected chi connectivity index (χ2v) is 6.34. The molecule has 0 aliphatic heterocycles. The zero-order valence-electron chi connectivity index (χ0n) is 8.91. The van der Waals surface area contributed by atoms with Gasteiger partial charge < -0.3 is 0 Å². The summed E-state index contributed by atoms with van der Waals surface area (Å²) in [6.45, 7) is 0. The van der Waals surface area contributed by atoms with Crippen LogP contribution in [0.1, 0.15) is 31.7 Å². The molecule has 2 aliphatic carbocycles. The summed E-state index contributed by atoms with van der Waals surface area (Å²) in [6, 6.07) is 0.410. The minimum absolute atomic E-state index is 0.0475. The van der Waals surface area contributed by atoms with Crippen LogP contribution in [-0.2, 0) is 0 Å². The number of thioether (sulfide) groups is 1. The Labute approximate surface area is 106 Å². The lowest BCUT2D eigenvalue weighted by Gasteiger charge is -2.10. The van der Waals surface area contributed by atoms with Crippen LogP contribution < -0.4 is 5.69 Å². The van der Waals surface area contributed by atoms with E-state index in [2.05, 4.69) is 26.1 Å². The van der Waals surface area contributed by atoms with E-state index in [9.17, 15) is 4.79 Å². The molecule has 16 heavy (non-hydrogen) atoms. The van der Waals surface area contributed by atoms with E-state index in [1.54, 1.807) is 11.8 Å². The molecule has 4 nitrogen and oxygen atoms in total. The highest BCUT2D eigenvalue weighted by Gasteiger charge is 2.42. The van der Waals surface area contributed by atoms with Crippen LogP contribution in [0.25, 0.3) is 0 Å². The van der Waals surface area contributed by atoms with Gasteiger partial charge in [0.05, 0.1) is 0 Å². The zero-order chi connectivity index (χ0) is 11.2. The van der Waals surface area contributed by atoms with Gasteiger partial charge in [0.15, 0.2) is 5.16 Å². The van der Waals surface area contributed by atoms with E-state index in [-0.39, 0.29) is 5.69 Å². The van der Waals surface area contributed by atoms with Gasteiger partial charge in [-0.3, -0.25) is 4.57 Å². The van der Waals surface area contributed by atoms with Crippen LogP contribution in [0.4, 0.5) is 0 Å². The van der Waals surface area contributed by atoms with Gasteiger partial charge in [-0.1, -0.05) is 27.7 Å². The number of aromatic amines is 1. The average Bonchev–Trinajstić information content (AvgIpc) is 3.19. The molecule has 2 saturated carbocycles. The molecule has 2 fully saturated rings. The van der Waals surface area contributed by atoms with Crippen molar-refractivity contribution in [1.82, 2.24) is 14.8 Å². The lowest BCUT2D eigenvalue weighted by molar-refractivity contribution is 0.636. The molecule has 3 rings (SSSR count). The van der Waals surface area contributed by atoms with E-state index >= 15 is 0 Å². The molecular formula is C10H14BrN3OS. The smallest absolute Gasteiger partial charge is 0.267 e. The van der Waals surface area contributed by atoms with Gasteiger partial charge in [-0.15, -0.1) is 5.10 Å². The highest BCUT2D eigenvalue weighted by atomic mass is 79.9. The molecule has 0 atom stereocenters. The molecule has 6 heteroatoms. The lowest BCUT2D eigenvalue weighted by atomic mass is 10.2. The fraction of sp³-hybridized carbons (Fsp3) is 0.800. The number of hydrogen-bond donors (Lipinski definition) is 1. The Balaban J connectivity index is 1.72. The Kier molecular flexibility index (Phi) is 2.66. The van der Waals surface area contributed by atoms with Crippen molar-refractivity contribution >= 4 is 27.7 Å². The Bertz CT molecular complexity index is 447. The monoisotopic (exact) mass is 303 g/mol. The summed E-state index contributed by atoms with van der Waals surface area (Å²) in [5.41, 5.74) is 0.419. The molecule has 0 unspecified atom stereocenters. The molecular weight excluding hydrogens is 290 g/mol. The van der Waals surface area contributed by atoms with Crippen LogP contribution >= 0.6 is 27.7 Å². The largest absolute Gasteiger partial charge is 0.344 e. The number of hydrogen-bond acceptors (Lipinski definition) is 3. The molecule has 0 bridgehead atoms. The second kappa shape index (κ2) is 3.91. The maximum absolute atomic E-state index is 11.6. The first-order valence-electron chi connectivity index (χ1n) is 5.60. The number of alkyl halides is 1. The number of H-pyrrole nitrogens is 1. The molecule has 0 radical (unpaired) electrons. The van der Waals surface area contributed by atoms with Crippen LogP contribution in [0, 0.1) is 5.41 Å². The average molecular weight is 304 g/mol. The summed E-state index contributed by atoms with van der Waals surface area (Å²) in [7, 11) is 0. The number of rotatable bonds is 5. The fourth-order valence-electron chi connectivity index (χ4n) is 1.76. The Hall–Kier alpha value is -0.230. The van der Waals surface area contributed by atoms with E-state index < -0.39 is 0 Å². The van der Waals surface area contributed by atoms with Gasteiger partial charge in [0.2, 0.25) is 0 Å². The van der Waals surface area contributed by atoms with Crippen molar-refractivity contribution in [2.24, 2.45) is 5.41 Å². The predicted molar refractivity (Wildman–Crippen MR) is 67.3 cm³/mol. The first kappa shape index (κ1) is 10.9. The van der Waals surface area contributed by atoms with Gasteiger partial charge in [0, 0.05) is 17.1 Å². The summed E-state index contributed by atoms with van der Waals surface area (Å²) in [6.07, 6.45) is 4.83. The number of aromatic nitrogens is 3. The van der Waals surface area contributed by atoms with E-state index in [4.69, 9.17) is 0 Å². The Morgan fingerprint density at radius 1 is 1.56 bits per heavy atom. The SMILES string of the molecule is O=c1[nH]nc(SCC2(CBr)CC2)n1C1CC1. The van der Waals surface area contributed by atoms with Gasteiger partial charge in [-0.2, -0.15) is 0 Å². The van der Waals surface area contributed by atoms with Gasteiger partial charge in [0.1, 0.15) is 0 Å². The summed E-state index contributed by atoms with van der Waals surface area (Å²) >= 11 is 5.28. The van der Waals surface area contributed by atoms with Crippen molar-refractivity contribution in [3.63, 3.8) is 0 Å². The summed E-state index contributed by atoms with van der Waals surface area (Å²) in [5.74, 6) is 1.06. The molecule has 88 valence electrons. The van der Waals surface area contributed by atoms with Crippen molar-refractivity contribution in [2.45, 2.75) is 36.9 Å². The molecule has 0 amide bonds. The molecule has 0 aromatic carbocycles. The molecule has 0 spiro atoms. The van der Waals surface area contributed by atoms with Crippen LogP contribution in [0.3, 0.4) is 0 Å². The summed E-state index contributed by atoms with van der Waals surface area (Å²) < 4.78 is 1.83. The lowest BCUT2D eigenvalue weighted by Crippen LogP contribution is -2.16. The Morgan fingerprint density at radius 2 is 2.31 bits per heavy atom. The standard InChI is InChI=1S/C10H14BrN3OS/c11-5-10(3-4-10)6-16-9-13-12-8(15)14(9)7-1-2-7/h7H,1-6H2,(H,12,15). The van der Waals surface area contributed by atoms with Gasteiger partial charge in [-0.25, -0.2) is 9.89 Å². The van der Waals surface area contributed by atoms with Crippen molar-refractivity contribution in [3.05, 3.63) is 10.5 Å². The van der Waals surface area contributed by atoms with Crippen LogP contribution in [-0.4, -0.2) is 25.8 Å². The van der Waals surface area contributed by atoms with Crippen molar-refractivity contribution in [1.29, 1.82) is 0 Å². The van der Waals surface area contributed by atoms with E-state index in [0.717, 1.165) is 29.1 Å². The molecule has 1 aromatic heterocycles. The van der Waals surface area contributed by atoms with Gasteiger partial charge in [-0.05, 0) is 31.1 Å². The van der Waals surface area contributed by atoms with Crippen LogP contribution in [0.15, 0.2) is 9.95 Å². The minimum Gasteiger partial charge on any atom is -0.267 e. The second-order valence-electron chi connectivity index (χ2n) is 4.83. The van der Waals surface area contributed by atoms with Crippen molar-refractivity contribution < 1.29 is 0 Å². The van der Waals surface area contributed by atoms with E-state index in [0.29, 0.717) is 11.5 Å². The highest BCUT2D eigenvalue weighted by Crippen LogP contribution is 2.50.